The summed E-state index contributed by atoms with van der Waals surface area (Å²) < 4.78 is 39.2. The van der Waals surface area contributed by atoms with Crippen molar-refractivity contribution in [1.29, 1.82) is 0 Å². The van der Waals surface area contributed by atoms with Gasteiger partial charge in [0.05, 0.1) is 0 Å². The van der Waals surface area contributed by atoms with Crippen LogP contribution in [0.5, 0.6) is 0 Å². The van der Waals surface area contributed by atoms with E-state index >= 15 is 0 Å². The number of sulfonamides is 1. The summed E-state index contributed by atoms with van der Waals surface area (Å²) in [5.41, 5.74) is 5.39. The molecule has 0 fully saturated rings. The minimum Gasteiger partial charge on any atom is -0.307 e. The maximum atomic E-state index is 12.8. The molecule has 0 radical (unpaired) electrons. The molecule has 2 aliphatic rings. The number of benzene rings is 1. The summed E-state index contributed by atoms with van der Waals surface area (Å²) in [6.45, 7) is 0. The third-order valence-electron chi connectivity index (χ3n) is 4.82. The molecule has 4 rings (SSSR count). The molecule has 0 aliphatic heterocycles. The quantitative estimate of drug-likeness (QED) is 0.854. The van der Waals surface area contributed by atoms with Crippen molar-refractivity contribution < 1.29 is 17.6 Å². The maximum absolute atomic E-state index is 12.8. The monoisotopic (exact) mass is 376 g/mol. The van der Waals surface area contributed by atoms with Crippen LogP contribution in [0.25, 0.3) is 0 Å². The maximum Gasteiger partial charge on any atom is 0.333 e. The molecule has 2 aromatic rings. The Balaban J connectivity index is 1.59. The van der Waals surface area contributed by atoms with Gasteiger partial charge in [-0.25, -0.2) is 9.52 Å². The predicted molar refractivity (Wildman–Crippen MR) is 91.8 cm³/mol. The van der Waals surface area contributed by atoms with Gasteiger partial charge in [0.25, 0.3) is 10.0 Å². The molecule has 0 unspecified atom stereocenters. The highest BCUT2D eigenvalue weighted by Gasteiger charge is 2.26. The van der Waals surface area contributed by atoms with Crippen LogP contribution in [-0.4, -0.2) is 24.6 Å². The molecule has 1 aromatic carbocycles. The van der Waals surface area contributed by atoms with Crippen molar-refractivity contribution in [2.75, 3.05) is 5.32 Å². The molecule has 9 heteroatoms. The molecule has 0 atom stereocenters. The van der Waals surface area contributed by atoms with Crippen molar-refractivity contribution >= 4 is 21.7 Å². The van der Waals surface area contributed by atoms with E-state index in [0.717, 1.165) is 67.5 Å². The van der Waals surface area contributed by atoms with Gasteiger partial charge < -0.3 is 5.32 Å². The van der Waals surface area contributed by atoms with Crippen LogP contribution in [0.4, 0.5) is 14.9 Å². The van der Waals surface area contributed by atoms with Crippen molar-refractivity contribution in [1.82, 2.24) is 14.9 Å². The fourth-order valence-corrected chi connectivity index (χ4v) is 4.52. The van der Waals surface area contributed by atoms with Gasteiger partial charge in [0, 0.05) is 5.69 Å². The molecule has 2 aliphatic carbocycles. The van der Waals surface area contributed by atoms with E-state index in [4.69, 9.17) is 0 Å². The molecule has 136 valence electrons. The van der Waals surface area contributed by atoms with Crippen LogP contribution in [0.3, 0.4) is 0 Å². The molecular weight excluding hydrogens is 359 g/mol. The van der Waals surface area contributed by atoms with E-state index in [-0.39, 0.29) is 0 Å². The Labute approximate surface area is 150 Å². The smallest absolute Gasteiger partial charge is 0.307 e. The second-order valence-electron chi connectivity index (χ2n) is 6.49. The van der Waals surface area contributed by atoms with Gasteiger partial charge in [-0.05, 0) is 72.9 Å². The van der Waals surface area contributed by atoms with Gasteiger partial charge in [-0.2, -0.15) is 12.8 Å². The number of carbonyl (C=O) groups excluding carboxylic acids is 1. The van der Waals surface area contributed by atoms with Gasteiger partial charge in [-0.3, -0.25) is 0 Å². The molecule has 1 heterocycles. The van der Waals surface area contributed by atoms with Crippen molar-refractivity contribution in [3.05, 3.63) is 46.4 Å². The normalized spacial score (nSPS) is 15.4. The number of halogens is 1. The SMILES string of the molecule is O=C(Nc1c2c(cc3c1CCC3)CCC2)NS(=O)(=O)c1ccc(F)nn1. The van der Waals surface area contributed by atoms with Gasteiger partial charge >= 0.3 is 6.03 Å². The highest BCUT2D eigenvalue weighted by atomic mass is 32.2. The van der Waals surface area contributed by atoms with Gasteiger partial charge in [0.15, 0.2) is 5.03 Å². The lowest BCUT2D eigenvalue weighted by Gasteiger charge is -2.16. The summed E-state index contributed by atoms with van der Waals surface area (Å²) in [6, 6.07) is 3.19. The molecular formula is C17H17FN4O3S. The van der Waals surface area contributed by atoms with Crippen LogP contribution in [0.1, 0.15) is 35.1 Å². The zero-order valence-corrected chi connectivity index (χ0v) is 14.7. The first-order valence-electron chi connectivity index (χ1n) is 8.43. The number of aryl methyl sites for hydroxylation is 2. The van der Waals surface area contributed by atoms with E-state index in [1.54, 1.807) is 0 Å². The van der Waals surface area contributed by atoms with Crippen LogP contribution in [0.15, 0.2) is 23.2 Å². The summed E-state index contributed by atoms with van der Waals surface area (Å²) in [5.74, 6) is -0.899. The summed E-state index contributed by atoms with van der Waals surface area (Å²) >= 11 is 0. The van der Waals surface area contributed by atoms with Crippen LogP contribution in [0.2, 0.25) is 0 Å². The minimum atomic E-state index is -4.23. The van der Waals surface area contributed by atoms with Gasteiger partial charge in [-0.1, -0.05) is 6.07 Å². The Morgan fingerprint density at radius 3 is 2.23 bits per heavy atom. The number of anilines is 1. The zero-order valence-electron chi connectivity index (χ0n) is 13.9. The lowest BCUT2D eigenvalue weighted by Crippen LogP contribution is -2.35. The predicted octanol–water partition coefficient (Wildman–Crippen LogP) is 2.10. The van der Waals surface area contributed by atoms with Gasteiger partial charge in [-0.15, -0.1) is 10.2 Å². The molecule has 1 aromatic heterocycles. The number of aromatic nitrogens is 2. The van der Waals surface area contributed by atoms with Gasteiger partial charge in [0.2, 0.25) is 5.95 Å². The van der Waals surface area contributed by atoms with E-state index in [0.29, 0.717) is 0 Å². The summed E-state index contributed by atoms with van der Waals surface area (Å²) in [4.78, 5) is 12.3. The third-order valence-corrected chi connectivity index (χ3v) is 6.04. The Kier molecular flexibility index (Phi) is 4.10. The number of rotatable bonds is 3. The van der Waals surface area contributed by atoms with Crippen molar-refractivity contribution in [3.63, 3.8) is 0 Å². The van der Waals surface area contributed by atoms with E-state index in [9.17, 15) is 17.6 Å². The van der Waals surface area contributed by atoms with E-state index in [1.807, 2.05) is 4.72 Å². The number of fused-ring (bicyclic) bond motifs is 2. The number of urea groups is 1. The largest absolute Gasteiger partial charge is 0.333 e. The Morgan fingerprint density at radius 1 is 1.00 bits per heavy atom. The first kappa shape index (κ1) is 16.9. The number of amides is 2. The minimum absolute atomic E-state index is 0.516. The Bertz CT molecular complexity index is 958. The van der Waals surface area contributed by atoms with E-state index in [2.05, 4.69) is 21.6 Å². The number of hydrogen-bond acceptors (Lipinski definition) is 5. The summed E-state index contributed by atoms with van der Waals surface area (Å²) in [6.07, 6.45) is 5.74. The molecule has 0 bridgehead atoms. The highest BCUT2D eigenvalue weighted by Crippen LogP contribution is 2.38. The van der Waals surface area contributed by atoms with Crippen LogP contribution in [0, 0.1) is 5.95 Å². The fraction of sp³-hybridized carbons (Fsp3) is 0.353. The molecule has 7 nitrogen and oxygen atoms in total. The topological polar surface area (TPSA) is 101 Å². The molecule has 2 N–H and O–H groups in total. The summed E-state index contributed by atoms with van der Waals surface area (Å²) in [7, 11) is -4.23. The third kappa shape index (κ3) is 3.03. The molecule has 26 heavy (non-hydrogen) atoms. The van der Waals surface area contributed by atoms with Crippen LogP contribution < -0.4 is 10.0 Å². The molecule has 0 saturated heterocycles. The second-order valence-corrected chi connectivity index (χ2v) is 8.12. The molecule has 2 amide bonds. The second kappa shape index (κ2) is 6.31. The number of nitrogens with one attached hydrogen (secondary N) is 2. The van der Waals surface area contributed by atoms with Crippen molar-refractivity contribution in [2.45, 2.75) is 43.6 Å². The molecule has 0 spiro atoms. The summed E-state index contributed by atoms with van der Waals surface area (Å²) in [5, 5.41) is 8.55. The van der Waals surface area contributed by atoms with E-state index < -0.39 is 27.0 Å². The van der Waals surface area contributed by atoms with Gasteiger partial charge in [0.1, 0.15) is 0 Å². The Hall–Kier alpha value is -2.55. The van der Waals surface area contributed by atoms with Crippen molar-refractivity contribution in [2.24, 2.45) is 0 Å². The highest BCUT2D eigenvalue weighted by molar-refractivity contribution is 7.90. The zero-order chi connectivity index (χ0) is 18.3. The average molecular weight is 376 g/mol. The Morgan fingerprint density at radius 2 is 1.65 bits per heavy atom. The number of hydrogen-bond donors (Lipinski definition) is 2. The standard InChI is InChI=1S/C17H17FN4O3S/c18-14-7-8-15(21-20-14)26(24,25)22-17(23)19-16-12-5-1-3-10(12)9-11-4-2-6-13(11)16/h7-9H,1-6H2,(H2,19,22,23). The fourth-order valence-electron chi connectivity index (χ4n) is 3.73. The van der Waals surface area contributed by atoms with Crippen LogP contribution >= 0.6 is 0 Å². The van der Waals surface area contributed by atoms with Crippen molar-refractivity contribution in [3.8, 4) is 0 Å². The average Bonchev–Trinajstić information content (AvgIpc) is 3.23. The lowest BCUT2D eigenvalue weighted by molar-refractivity contribution is 0.256. The number of carbonyl (C=O) groups is 1. The van der Waals surface area contributed by atoms with E-state index in [1.165, 1.54) is 11.1 Å². The first-order valence-corrected chi connectivity index (χ1v) is 9.92. The number of nitrogens with zero attached hydrogens (tertiary/aromatic N) is 2. The lowest BCUT2D eigenvalue weighted by atomic mass is 9.99. The first-order chi connectivity index (χ1) is 12.4. The molecule has 0 saturated carbocycles. The van der Waals surface area contributed by atoms with Crippen LogP contribution in [-0.2, 0) is 35.7 Å².